The van der Waals surface area contributed by atoms with Gasteiger partial charge in [0, 0.05) is 12.6 Å². The highest BCUT2D eigenvalue weighted by molar-refractivity contribution is 5.78. The number of likely N-dealkylation sites (tertiary alicyclic amines) is 1. The summed E-state index contributed by atoms with van der Waals surface area (Å²) in [6.07, 6.45) is 9.18. The average molecular weight is 367 g/mol. The summed E-state index contributed by atoms with van der Waals surface area (Å²) in [5, 5.41) is 11.3. The Kier molecular flexibility index (Phi) is 5.82. The molecule has 1 saturated carbocycles. The van der Waals surface area contributed by atoms with E-state index in [1.54, 1.807) is 0 Å². The van der Waals surface area contributed by atoms with Crippen LogP contribution >= 0.6 is 0 Å². The van der Waals surface area contributed by atoms with Crippen molar-refractivity contribution in [2.24, 2.45) is 0 Å². The predicted molar refractivity (Wildman–Crippen MR) is 104 cm³/mol. The lowest BCUT2D eigenvalue weighted by molar-refractivity contribution is -0.122. The van der Waals surface area contributed by atoms with Gasteiger partial charge in [-0.15, -0.1) is 10.2 Å². The molecule has 1 aliphatic heterocycles. The Balaban J connectivity index is 1.25. The molecule has 1 atom stereocenters. The minimum atomic E-state index is 0.0712. The minimum Gasteiger partial charge on any atom is -0.348 e. The number of hydrogen-bond acceptors (Lipinski definition) is 4. The van der Waals surface area contributed by atoms with Gasteiger partial charge in [-0.2, -0.15) is 0 Å². The molecule has 2 aliphatic rings. The zero-order valence-corrected chi connectivity index (χ0v) is 15.9. The Hall–Kier alpha value is -2.21. The molecule has 1 saturated heterocycles. The van der Waals surface area contributed by atoms with Gasteiger partial charge in [-0.3, -0.25) is 9.69 Å². The van der Waals surface area contributed by atoms with Crippen LogP contribution in [0.4, 0.5) is 0 Å². The first-order valence-corrected chi connectivity index (χ1v) is 10.2. The van der Waals surface area contributed by atoms with Gasteiger partial charge in [0.2, 0.25) is 5.91 Å². The Morgan fingerprint density at radius 1 is 1.11 bits per heavy atom. The van der Waals surface area contributed by atoms with E-state index in [1.807, 2.05) is 6.33 Å². The van der Waals surface area contributed by atoms with Crippen LogP contribution in [0.25, 0.3) is 0 Å². The van der Waals surface area contributed by atoms with Crippen LogP contribution in [-0.2, 0) is 11.3 Å². The number of carbonyl (C=O) groups is 1. The molecular weight excluding hydrogens is 338 g/mol. The lowest BCUT2D eigenvalue weighted by Crippen LogP contribution is -2.36. The van der Waals surface area contributed by atoms with Crippen molar-refractivity contribution in [3.05, 3.63) is 48.0 Å². The molecule has 1 N–H and O–H groups in total. The highest BCUT2D eigenvalue weighted by Gasteiger charge is 2.25. The maximum atomic E-state index is 12.4. The summed E-state index contributed by atoms with van der Waals surface area (Å²) >= 11 is 0. The van der Waals surface area contributed by atoms with Crippen molar-refractivity contribution in [2.75, 3.05) is 19.6 Å². The van der Waals surface area contributed by atoms with Crippen LogP contribution in [0.2, 0.25) is 0 Å². The third kappa shape index (κ3) is 4.56. The third-order valence-electron chi connectivity index (χ3n) is 5.97. The molecule has 1 aromatic heterocycles. The molecule has 0 radical (unpaired) electrons. The van der Waals surface area contributed by atoms with E-state index in [0.717, 1.165) is 25.3 Å². The SMILES string of the molecule is O=C(CN1CC[C@@H](c2ccccc2)C1)NCc1nncn1C1CCCCC1. The first-order valence-electron chi connectivity index (χ1n) is 10.2. The predicted octanol–water partition coefficient (Wildman–Crippen LogP) is 2.89. The fraction of sp³-hybridized carbons (Fsp3) is 0.571. The number of nitrogens with one attached hydrogen (secondary N) is 1. The molecule has 1 amide bonds. The number of benzene rings is 1. The fourth-order valence-electron chi connectivity index (χ4n) is 4.47. The molecule has 144 valence electrons. The minimum absolute atomic E-state index is 0.0712. The van der Waals surface area contributed by atoms with Crippen LogP contribution in [-0.4, -0.2) is 45.2 Å². The van der Waals surface area contributed by atoms with Crippen LogP contribution in [0.5, 0.6) is 0 Å². The molecule has 2 heterocycles. The van der Waals surface area contributed by atoms with Crippen LogP contribution in [0.1, 0.15) is 61.9 Å². The summed E-state index contributed by atoms with van der Waals surface area (Å²) in [5.41, 5.74) is 1.38. The van der Waals surface area contributed by atoms with Gasteiger partial charge < -0.3 is 9.88 Å². The second kappa shape index (κ2) is 8.65. The van der Waals surface area contributed by atoms with Gasteiger partial charge in [-0.05, 0) is 37.3 Å². The first kappa shape index (κ1) is 18.2. The van der Waals surface area contributed by atoms with Gasteiger partial charge >= 0.3 is 0 Å². The van der Waals surface area contributed by atoms with Crippen LogP contribution in [0.3, 0.4) is 0 Å². The van der Waals surface area contributed by atoms with Gasteiger partial charge in [0.1, 0.15) is 6.33 Å². The maximum Gasteiger partial charge on any atom is 0.234 e. The van der Waals surface area contributed by atoms with E-state index >= 15 is 0 Å². The monoisotopic (exact) mass is 367 g/mol. The van der Waals surface area contributed by atoms with Gasteiger partial charge in [0.05, 0.1) is 13.1 Å². The summed E-state index contributed by atoms with van der Waals surface area (Å²) < 4.78 is 2.17. The molecule has 2 fully saturated rings. The standard InChI is InChI=1S/C21H29N5O/c27-21(15-25-12-11-18(14-25)17-7-3-1-4-8-17)22-13-20-24-23-16-26(20)19-9-5-2-6-10-19/h1,3-4,7-8,16,18-19H,2,5-6,9-15H2,(H,22,27)/t18-/m1/s1. The number of aromatic nitrogens is 3. The van der Waals surface area contributed by atoms with E-state index in [2.05, 4.69) is 55.3 Å². The number of hydrogen-bond donors (Lipinski definition) is 1. The molecule has 6 heteroatoms. The van der Waals surface area contributed by atoms with Gasteiger partial charge in [0.25, 0.3) is 0 Å². The highest BCUT2D eigenvalue weighted by Crippen LogP contribution is 2.28. The van der Waals surface area contributed by atoms with Crippen molar-refractivity contribution in [1.82, 2.24) is 25.0 Å². The van der Waals surface area contributed by atoms with Crippen molar-refractivity contribution >= 4 is 5.91 Å². The van der Waals surface area contributed by atoms with E-state index in [-0.39, 0.29) is 5.91 Å². The Bertz CT molecular complexity index is 738. The fourth-order valence-corrected chi connectivity index (χ4v) is 4.47. The molecule has 0 unspecified atom stereocenters. The van der Waals surface area contributed by atoms with E-state index in [1.165, 1.54) is 37.7 Å². The number of carbonyl (C=O) groups excluding carboxylic acids is 1. The van der Waals surface area contributed by atoms with Crippen LogP contribution < -0.4 is 5.32 Å². The van der Waals surface area contributed by atoms with Gasteiger partial charge in [-0.1, -0.05) is 49.6 Å². The van der Waals surface area contributed by atoms with Crippen LogP contribution in [0, 0.1) is 0 Å². The Morgan fingerprint density at radius 3 is 2.74 bits per heavy atom. The summed E-state index contributed by atoms with van der Waals surface area (Å²) in [4.78, 5) is 14.7. The summed E-state index contributed by atoms with van der Waals surface area (Å²) in [6.45, 7) is 2.85. The highest BCUT2D eigenvalue weighted by atomic mass is 16.2. The van der Waals surface area contributed by atoms with Gasteiger partial charge in [-0.25, -0.2) is 0 Å². The molecule has 2 aromatic rings. The quantitative estimate of drug-likeness (QED) is 0.853. The zero-order valence-electron chi connectivity index (χ0n) is 15.9. The van der Waals surface area contributed by atoms with E-state index in [4.69, 9.17) is 0 Å². The topological polar surface area (TPSA) is 63.1 Å². The average Bonchev–Trinajstić information content (AvgIpc) is 3.37. The van der Waals surface area contributed by atoms with E-state index < -0.39 is 0 Å². The van der Waals surface area contributed by atoms with Crippen molar-refractivity contribution in [1.29, 1.82) is 0 Å². The molecule has 4 rings (SSSR count). The molecular formula is C21H29N5O. The van der Waals surface area contributed by atoms with Crippen molar-refractivity contribution in [2.45, 2.75) is 57.0 Å². The first-order chi connectivity index (χ1) is 13.3. The maximum absolute atomic E-state index is 12.4. The number of amides is 1. The van der Waals surface area contributed by atoms with Crippen LogP contribution in [0.15, 0.2) is 36.7 Å². The zero-order chi connectivity index (χ0) is 18.5. The van der Waals surface area contributed by atoms with Gasteiger partial charge in [0.15, 0.2) is 5.82 Å². The largest absolute Gasteiger partial charge is 0.348 e. The molecule has 1 aromatic carbocycles. The normalized spacial score (nSPS) is 21.4. The lowest BCUT2D eigenvalue weighted by Gasteiger charge is -2.24. The van der Waals surface area contributed by atoms with E-state index in [0.29, 0.717) is 25.0 Å². The molecule has 0 spiro atoms. The van der Waals surface area contributed by atoms with Crippen molar-refractivity contribution in [3.63, 3.8) is 0 Å². The van der Waals surface area contributed by atoms with Crippen molar-refractivity contribution in [3.8, 4) is 0 Å². The molecule has 27 heavy (non-hydrogen) atoms. The second-order valence-corrected chi connectivity index (χ2v) is 7.85. The Labute approximate surface area is 161 Å². The smallest absolute Gasteiger partial charge is 0.234 e. The molecule has 1 aliphatic carbocycles. The molecule has 6 nitrogen and oxygen atoms in total. The number of rotatable bonds is 6. The second-order valence-electron chi connectivity index (χ2n) is 7.85. The Morgan fingerprint density at radius 2 is 1.93 bits per heavy atom. The lowest BCUT2D eigenvalue weighted by atomic mass is 9.95. The number of nitrogens with zero attached hydrogens (tertiary/aromatic N) is 4. The summed E-state index contributed by atoms with van der Waals surface area (Å²) in [7, 11) is 0. The molecule has 0 bridgehead atoms. The summed E-state index contributed by atoms with van der Waals surface area (Å²) in [6, 6.07) is 11.1. The van der Waals surface area contributed by atoms with E-state index in [9.17, 15) is 4.79 Å². The third-order valence-corrected chi connectivity index (χ3v) is 5.97. The summed E-state index contributed by atoms with van der Waals surface area (Å²) in [5.74, 6) is 1.48. The van der Waals surface area contributed by atoms with Crippen molar-refractivity contribution < 1.29 is 4.79 Å².